The van der Waals surface area contributed by atoms with Crippen molar-refractivity contribution in [2.75, 3.05) is 13.6 Å². The largest absolute Gasteiger partial charge is 0.350 e. The topological polar surface area (TPSA) is 58.2 Å². The molecule has 4 heteroatoms. The van der Waals surface area contributed by atoms with Crippen LogP contribution in [0, 0.1) is 0 Å². The molecule has 0 radical (unpaired) electrons. The molecule has 1 aromatic carbocycles. The number of benzene rings is 1. The van der Waals surface area contributed by atoms with Gasteiger partial charge in [-0.2, -0.15) is 0 Å². The molecule has 0 fully saturated rings. The van der Waals surface area contributed by atoms with Crippen molar-refractivity contribution in [2.45, 2.75) is 45.6 Å². The number of amides is 1. The van der Waals surface area contributed by atoms with Gasteiger partial charge in [-0.05, 0) is 52.4 Å². The number of Topliss-reactive ketones (excluding diaryl/α,β-unsaturated/α-hetero) is 1. The maximum Gasteiger partial charge on any atom is 0.251 e. The van der Waals surface area contributed by atoms with E-state index in [2.05, 4.69) is 10.6 Å². The Labute approximate surface area is 127 Å². The van der Waals surface area contributed by atoms with Gasteiger partial charge in [-0.1, -0.05) is 25.0 Å². The Kier molecular flexibility index (Phi) is 7.69. The van der Waals surface area contributed by atoms with Crippen molar-refractivity contribution in [1.82, 2.24) is 10.6 Å². The quantitative estimate of drug-likeness (QED) is 0.543. The first-order valence-electron chi connectivity index (χ1n) is 7.61. The number of unbranched alkanes of at least 4 members (excludes halogenated alkanes) is 2. The second kappa shape index (κ2) is 9.29. The van der Waals surface area contributed by atoms with E-state index in [1.165, 1.54) is 19.8 Å². The van der Waals surface area contributed by atoms with Gasteiger partial charge in [-0.25, -0.2) is 0 Å². The monoisotopic (exact) mass is 290 g/mol. The van der Waals surface area contributed by atoms with E-state index in [1.54, 1.807) is 24.3 Å². The van der Waals surface area contributed by atoms with Crippen LogP contribution in [0.2, 0.25) is 0 Å². The lowest BCUT2D eigenvalue weighted by molar-refractivity contribution is 0.0936. The Bertz CT molecular complexity index is 454. The van der Waals surface area contributed by atoms with Gasteiger partial charge < -0.3 is 10.6 Å². The number of hydrogen-bond donors (Lipinski definition) is 2. The average Bonchev–Trinajstić information content (AvgIpc) is 2.47. The minimum atomic E-state index is -0.0761. The highest BCUT2D eigenvalue weighted by Crippen LogP contribution is 2.07. The van der Waals surface area contributed by atoms with E-state index in [9.17, 15) is 9.59 Å². The lowest BCUT2D eigenvalue weighted by Gasteiger charge is -2.14. The molecule has 4 nitrogen and oxygen atoms in total. The first-order valence-corrected chi connectivity index (χ1v) is 7.61. The van der Waals surface area contributed by atoms with Crippen LogP contribution in [0.25, 0.3) is 0 Å². The summed E-state index contributed by atoms with van der Waals surface area (Å²) < 4.78 is 0. The molecule has 0 spiro atoms. The summed E-state index contributed by atoms with van der Waals surface area (Å²) >= 11 is 0. The van der Waals surface area contributed by atoms with E-state index >= 15 is 0 Å². The van der Waals surface area contributed by atoms with Crippen LogP contribution in [0.1, 0.15) is 60.2 Å². The predicted molar refractivity (Wildman–Crippen MR) is 85.8 cm³/mol. The van der Waals surface area contributed by atoms with Gasteiger partial charge in [0.1, 0.15) is 0 Å². The molecule has 0 aliphatic carbocycles. The van der Waals surface area contributed by atoms with Gasteiger partial charge in [0.15, 0.2) is 5.78 Å². The van der Waals surface area contributed by atoms with Crippen LogP contribution in [0.3, 0.4) is 0 Å². The van der Waals surface area contributed by atoms with Crippen molar-refractivity contribution in [2.24, 2.45) is 0 Å². The molecular formula is C17H26N2O2. The van der Waals surface area contributed by atoms with Crippen LogP contribution >= 0.6 is 0 Å². The molecule has 0 bridgehead atoms. The van der Waals surface area contributed by atoms with E-state index in [0.717, 1.165) is 19.4 Å². The maximum atomic E-state index is 12.1. The fraction of sp³-hybridized carbons (Fsp3) is 0.529. The Morgan fingerprint density at radius 2 is 1.67 bits per heavy atom. The van der Waals surface area contributed by atoms with Crippen LogP contribution < -0.4 is 10.6 Å². The molecule has 0 aromatic heterocycles. The van der Waals surface area contributed by atoms with E-state index in [-0.39, 0.29) is 17.7 Å². The Morgan fingerprint density at radius 3 is 2.24 bits per heavy atom. The van der Waals surface area contributed by atoms with Crippen LogP contribution in [0.5, 0.6) is 0 Å². The second-order valence-electron chi connectivity index (χ2n) is 5.46. The standard InChI is InChI=1S/C17H26N2O2/c1-13(7-5-4-6-12-18-3)19-17(21)16-10-8-15(9-11-16)14(2)20/h8-11,13,18H,4-7,12H2,1-3H3,(H,19,21). The summed E-state index contributed by atoms with van der Waals surface area (Å²) in [7, 11) is 1.96. The second-order valence-corrected chi connectivity index (χ2v) is 5.46. The Hall–Kier alpha value is -1.68. The summed E-state index contributed by atoms with van der Waals surface area (Å²) in [5.74, 6) is -0.0651. The number of rotatable bonds is 9. The molecule has 1 aromatic rings. The fourth-order valence-corrected chi connectivity index (χ4v) is 2.16. The molecule has 0 saturated carbocycles. The first kappa shape index (κ1) is 17.4. The molecular weight excluding hydrogens is 264 g/mol. The van der Waals surface area contributed by atoms with Crippen molar-refractivity contribution in [1.29, 1.82) is 0 Å². The zero-order valence-electron chi connectivity index (χ0n) is 13.2. The van der Waals surface area contributed by atoms with E-state index in [0.29, 0.717) is 11.1 Å². The summed E-state index contributed by atoms with van der Waals surface area (Å²) in [5, 5.41) is 6.12. The lowest BCUT2D eigenvalue weighted by Crippen LogP contribution is -2.32. The number of carbonyl (C=O) groups is 2. The fourth-order valence-electron chi connectivity index (χ4n) is 2.16. The zero-order valence-corrected chi connectivity index (χ0v) is 13.2. The SMILES string of the molecule is CNCCCCCC(C)NC(=O)c1ccc(C(C)=O)cc1. The minimum absolute atomic E-state index is 0.0110. The van der Waals surface area contributed by atoms with Gasteiger partial charge in [-0.3, -0.25) is 9.59 Å². The molecule has 1 unspecified atom stereocenters. The molecule has 0 aliphatic heterocycles. The van der Waals surface area contributed by atoms with Crippen molar-refractivity contribution in [3.8, 4) is 0 Å². The molecule has 0 aliphatic rings. The third kappa shape index (κ3) is 6.54. The van der Waals surface area contributed by atoms with Crippen molar-refractivity contribution < 1.29 is 9.59 Å². The molecule has 2 N–H and O–H groups in total. The molecule has 1 rings (SSSR count). The van der Waals surface area contributed by atoms with Crippen LogP contribution in [0.15, 0.2) is 24.3 Å². The van der Waals surface area contributed by atoms with Gasteiger partial charge in [-0.15, -0.1) is 0 Å². The van der Waals surface area contributed by atoms with Crippen molar-refractivity contribution in [3.05, 3.63) is 35.4 Å². The van der Waals surface area contributed by atoms with Crippen molar-refractivity contribution in [3.63, 3.8) is 0 Å². The number of nitrogens with one attached hydrogen (secondary N) is 2. The highest BCUT2D eigenvalue weighted by Gasteiger charge is 2.10. The maximum absolute atomic E-state index is 12.1. The molecule has 1 atom stereocenters. The molecule has 0 saturated heterocycles. The van der Waals surface area contributed by atoms with Crippen LogP contribution in [-0.2, 0) is 0 Å². The number of carbonyl (C=O) groups excluding carboxylic acids is 2. The molecule has 116 valence electrons. The summed E-state index contributed by atoms with van der Waals surface area (Å²) in [5.41, 5.74) is 1.23. The highest BCUT2D eigenvalue weighted by atomic mass is 16.1. The van der Waals surface area contributed by atoms with Gasteiger partial charge in [0.2, 0.25) is 0 Å². The van der Waals surface area contributed by atoms with Crippen molar-refractivity contribution >= 4 is 11.7 Å². The molecule has 21 heavy (non-hydrogen) atoms. The van der Waals surface area contributed by atoms with E-state index in [1.807, 2.05) is 14.0 Å². The predicted octanol–water partition coefficient (Wildman–Crippen LogP) is 2.79. The highest BCUT2D eigenvalue weighted by molar-refractivity contribution is 5.97. The van der Waals surface area contributed by atoms with E-state index < -0.39 is 0 Å². The van der Waals surface area contributed by atoms with E-state index in [4.69, 9.17) is 0 Å². The first-order chi connectivity index (χ1) is 10.0. The summed E-state index contributed by atoms with van der Waals surface area (Å²) in [6.07, 6.45) is 4.45. The zero-order chi connectivity index (χ0) is 15.7. The van der Waals surface area contributed by atoms with Crippen LogP contribution in [0.4, 0.5) is 0 Å². The van der Waals surface area contributed by atoms with Gasteiger partial charge in [0, 0.05) is 17.2 Å². The summed E-state index contributed by atoms with van der Waals surface area (Å²) in [6, 6.07) is 6.95. The average molecular weight is 290 g/mol. The molecule has 0 heterocycles. The molecule has 1 amide bonds. The number of hydrogen-bond acceptors (Lipinski definition) is 3. The van der Waals surface area contributed by atoms with Gasteiger partial charge in [0.05, 0.1) is 0 Å². The van der Waals surface area contributed by atoms with Gasteiger partial charge >= 0.3 is 0 Å². The number of ketones is 1. The Morgan fingerprint density at radius 1 is 1.05 bits per heavy atom. The third-order valence-corrected chi connectivity index (χ3v) is 3.50. The minimum Gasteiger partial charge on any atom is -0.350 e. The smallest absolute Gasteiger partial charge is 0.251 e. The Balaban J connectivity index is 2.36. The van der Waals surface area contributed by atoms with Gasteiger partial charge in [0.25, 0.3) is 5.91 Å². The lowest BCUT2D eigenvalue weighted by atomic mass is 10.1. The summed E-state index contributed by atoms with van der Waals surface area (Å²) in [6.45, 7) is 4.59. The normalized spacial score (nSPS) is 12.0. The summed E-state index contributed by atoms with van der Waals surface area (Å²) in [4.78, 5) is 23.3. The van der Waals surface area contributed by atoms with Crippen LogP contribution in [-0.4, -0.2) is 31.3 Å². The third-order valence-electron chi connectivity index (χ3n) is 3.50.